The van der Waals surface area contributed by atoms with Crippen molar-refractivity contribution in [3.8, 4) is 0 Å². The van der Waals surface area contributed by atoms with Crippen molar-refractivity contribution in [2.45, 2.75) is 126 Å². The molecule has 9 aliphatic carbocycles. The zero-order valence-corrected chi connectivity index (χ0v) is 34.9. The third-order valence-electron chi connectivity index (χ3n) is 18.5. The minimum Gasteiger partial charge on any atom is -0.311 e. The smallest absolute Gasteiger partial charge is 0.252 e. The molecule has 0 spiro atoms. The highest BCUT2D eigenvalue weighted by Gasteiger charge is 2.53. The molecule has 0 radical (unpaired) electrons. The average Bonchev–Trinajstić information content (AvgIpc) is 3.26. The molecule has 3 heteroatoms. The predicted molar refractivity (Wildman–Crippen MR) is 246 cm³/mol. The molecule has 296 valence electrons. The van der Waals surface area contributed by atoms with Gasteiger partial charge in [0.1, 0.15) is 0 Å². The third kappa shape index (κ3) is 5.12. The van der Waals surface area contributed by atoms with E-state index in [1.165, 1.54) is 160 Å². The molecule has 5 aromatic rings. The summed E-state index contributed by atoms with van der Waals surface area (Å²) in [7, 11) is 0. The summed E-state index contributed by atoms with van der Waals surface area (Å²) in [5.41, 5.74) is 18.1. The molecule has 0 atom stereocenters. The van der Waals surface area contributed by atoms with Crippen molar-refractivity contribution in [2.75, 3.05) is 9.80 Å². The lowest BCUT2D eigenvalue weighted by molar-refractivity contribution is -0.00530. The molecule has 0 amide bonds. The number of anilines is 6. The molecule has 2 aliphatic heterocycles. The van der Waals surface area contributed by atoms with Crippen LogP contribution in [0.25, 0.3) is 0 Å². The van der Waals surface area contributed by atoms with Gasteiger partial charge in [-0.1, -0.05) is 79.9 Å². The maximum Gasteiger partial charge on any atom is 0.252 e. The van der Waals surface area contributed by atoms with Crippen molar-refractivity contribution in [3.63, 3.8) is 0 Å². The number of fused-ring (bicyclic) bond motifs is 4. The Morgan fingerprint density at radius 2 is 0.814 bits per heavy atom. The molecule has 0 N–H and O–H groups in total. The van der Waals surface area contributed by atoms with Gasteiger partial charge in [0.2, 0.25) is 0 Å². The van der Waals surface area contributed by atoms with Crippen molar-refractivity contribution in [1.29, 1.82) is 0 Å². The van der Waals surface area contributed by atoms with Crippen LogP contribution in [0.3, 0.4) is 0 Å². The van der Waals surface area contributed by atoms with Gasteiger partial charge in [-0.25, -0.2) is 0 Å². The Kier molecular flexibility index (Phi) is 7.39. The number of nitrogens with zero attached hydrogens (tertiary/aromatic N) is 2. The molecule has 2 nitrogen and oxygen atoms in total. The Hall–Kier alpha value is -4.24. The van der Waals surface area contributed by atoms with Crippen LogP contribution in [-0.2, 0) is 10.8 Å². The van der Waals surface area contributed by atoms with Crippen LogP contribution in [0.4, 0.5) is 34.1 Å². The molecular formula is C56H59BN2. The lowest BCUT2D eigenvalue weighted by atomic mass is 9.33. The minimum atomic E-state index is 0.193. The number of benzene rings is 5. The zero-order valence-electron chi connectivity index (χ0n) is 34.9. The van der Waals surface area contributed by atoms with E-state index in [-0.39, 0.29) is 6.71 Å². The molecule has 16 rings (SSSR count). The molecule has 11 aliphatic rings. The van der Waals surface area contributed by atoms with Crippen LogP contribution in [0.2, 0.25) is 0 Å². The standard InChI is InChI=1S/C56H59BN2/c1-2-8-42(9-3-1)43-28-52-54-53(29-43)59(47-20-16-45(17-21-47)56-33-39-25-40(34-56)27-41(26-39)35-56)51-13-7-5-11-49(51)57(54)48-10-4-6-12-50(48)58(52)46-18-14-44(15-19-46)55-30-36-22-37(31-55)24-38(23-36)32-55/h4-7,10-21,28-29,36-42H,1-3,8-9,22-27,30-35H2. The highest BCUT2D eigenvalue weighted by Crippen LogP contribution is 2.62. The molecule has 0 saturated heterocycles. The van der Waals surface area contributed by atoms with Crippen LogP contribution in [0.15, 0.2) is 109 Å². The van der Waals surface area contributed by atoms with Gasteiger partial charge in [0, 0.05) is 34.1 Å². The molecule has 2 heterocycles. The van der Waals surface area contributed by atoms with Crippen LogP contribution < -0.4 is 26.2 Å². The third-order valence-corrected chi connectivity index (χ3v) is 18.5. The van der Waals surface area contributed by atoms with Crippen molar-refractivity contribution >= 4 is 57.2 Å². The molecule has 0 unspecified atom stereocenters. The summed E-state index contributed by atoms with van der Waals surface area (Å²) in [5.74, 6) is 6.36. The molecular weight excluding hydrogens is 711 g/mol. The van der Waals surface area contributed by atoms with E-state index in [1.54, 1.807) is 16.7 Å². The lowest BCUT2D eigenvalue weighted by Crippen LogP contribution is -2.61. The highest BCUT2D eigenvalue weighted by atomic mass is 15.2. The molecule has 0 aromatic heterocycles. The first kappa shape index (κ1) is 34.5. The Morgan fingerprint density at radius 1 is 0.424 bits per heavy atom. The van der Waals surface area contributed by atoms with Gasteiger partial charge in [-0.05, 0) is 224 Å². The number of hydrogen-bond donors (Lipinski definition) is 0. The van der Waals surface area contributed by atoms with Crippen LogP contribution >= 0.6 is 0 Å². The Morgan fingerprint density at radius 3 is 1.22 bits per heavy atom. The number of rotatable bonds is 5. The summed E-state index contributed by atoms with van der Waals surface area (Å²) < 4.78 is 0. The van der Waals surface area contributed by atoms with Crippen molar-refractivity contribution in [1.82, 2.24) is 0 Å². The van der Waals surface area contributed by atoms with Gasteiger partial charge in [-0.15, -0.1) is 0 Å². The maximum absolute atomic E-state index is 2.68. The molecule has 8 bridgehead atoms. The van der Waals surface area contributed by atoms with Gasteiger partial charge < -0.3 is 9.80 Å². The van der Waals surface area contributed by atoms with Gasteiger partial charge in [0.15, 0.2) is 0 Å². The van der Waals surface area contributed by atoms with Crippen LogP contribution in [0.5, 0.6) is 0 Å². The summed E-state index contributed by atoms with van der Waals surface area (Å²) in [6, 6.07) is 44.5. The Balaban J connectivity index is 0.929. The van der Waals surface area contributed by atoms with Gasteiger partial charge >= 0.3 is 0 Å². The summed E-state index contributed by atoms with van der Waals surface area (Å²) in [6.07, 6.45) is 24.2. The second-order valence-corrected chi connectivity index (χ2v) is 22.0. The second-order valence-electron chi connectivity index (χ2n) is 22.0. The summed E-state index contributed by atoms with van der Waals surface area (Å²) >= 11 is 0. The van der Waals surface area contributed by atoms with Gasteiger partial charge in [0.05, 0.1) is 0 Å². The van der Waals surface area contributed by atoms with E-state index in [1.807, 2.05) is 0 Å². The van der Waals surface area contributed by atoms with Gasteiger partial charge in [-0.3, -0.25) is 0 Å². The lowest BCUT2D eigenvalue weighted by Gasteiger charge is -2.57. The predicted octanol–water partition coefficient (Wildman–Crippen LogP) is 12.8. The van der Waals surface area contributed by atoms with E-state index in [9.17, 15) is 0 Å². The van der Waals surface area contributed by atoms with E-state index >= 15 is 0 Å². The largest absolute Gasteiger partial charge is 0.311 e. The van der Waals surface area contributed by atoms with Gasteiger partial charge in [0.25, 0.3) is 6.71 Å². The number of para-hydroxylation sites is 2. The first-order valence-corrected chi connectivity index (χ1v) is 24.2. The van der Waals surface area contributed by atoms with E-state index < -0.39 is 0 Å². The number of hydrogen-bond acceptors (Lipinski definition) is 2. The highest BCUT2D eigenvalue weighted by molar-refractivity contribution is 7.00. The van der Waals surface area contributed by atoms with Crippen molar-refractivity contribution < 1.29 is 0 Å². The minimum absolute atomic E-state index is 0.193. The van der Waals surface area contributed by atoms with E-state index in [4.69, 9.17) is 0 Å². The summed E-state index contributed by atoms with van der Waals surface area (Å²) in [5, 5.41) is 0. The summed E-state index contributed by atoms with van der Waals surface area (Å²) in [6.45, 7) is 0.193. The summed E-state index contributed by atoms with van der Waals surface area (Å²) in [4.78, 5) is 5.37. The fraction of sp³-hybridized carbons (Fsp3) is 0.464. The van der Waals surface area contributed by atoms with Gasteiger partial charge in [-0.2, -0.15) is 0 Å². The molecule has 5 aromatic carbocycles. The van der Waals surface area contributed by atoms with Crippen LogP contribution in [-0.4, -0.2) is 6.71 Å². The first-order chi connectivity index (χ1) is 29.1. The fourth-order valence-electron chi connectivity index (χ4n) is 17.0. The SMILES string of the molecule is c1ccc2c(c1)B1c3ccccc3N(c3ccc(C45CC6CC(CC(C6)C4)C5)cc3)c3cc(C4CCCCC4)cc(c31)N2c1ccc(C23CC4CC(CC(C4)C2)C3)cc1. The topological polar surface area (TPSA) is 6.48 Å². The first-order valence-electron chi connectivity index (χ1n) is 24.2. The Bertz CT molecular complexity index is 2240. The van der Waals surface area contributed by atoms with Crippen LogP contribution in [0, 0.1) is 35.5 Å². The van der Waals surface area contributed by atoms with Crippen molar-refractivity contribution in [2.24, 2.45) is 35.5 Å². The van der Waals surface area contributed by atoms with E-state index in [0.717, 1.165) is 35.5 Å². The molecule has 9 fully saturated rings. The second kappa shape index (κ2) is 12.7. The zero-order chi connectivity index (χ0) is 38.5. The maximum atomic E-state index is 2.68. The normalized spacial score (nSPS) is 33.3. The van der Waals surface area contributed by atoms with Crippen molar-refractivity contribution in [3.05, 3.63) is 126 Å². The van der Waals surface area contributed by atoms with E-state index in [0.29, 0.717) is 16.7 Å². The van der Waals surface area contributed by atoms with E-state index in [2.05, 4.69) is 119 Å². The monoisotopic (exact) mass is 770 g/mol. The fourth-order valence-corrected chi connectivity index (χ4v) is 17.0. The quantitative estimate of drug-likeness (QED) is 0.161. The average molecular weight is 771 g/mol. The Labute approximate surface area is 352 Å². The van der Waals surface area contributed by atoms with Crippen LogP contribution in [0.1, 0.15) is 132 Å². The molecule has 9 saturated carbocycles. The molecule has 59 heavy (non-hydrogen) atoms.